The van der Waals surface area contributed by atoms with E-state index in [1.807, 2.05) is 31.1 Å². The summed E-state index contributed by atoms with van der Waals surface area (Å²) in [6.45, 7) is 7.90. The Morgan fingerprint density at radius 3 is 2.69 bits per heavy atom. The standard InChI is InChI=1S/C23H34ClN7O/c1-16-14-30(15-17(2)31(16)23(32)29(3)4)9-5-8-26-12-19(11-25)18-10-21-20(27-13-18)6-7-22(24)28-21/h6-7,10-13,16-17,23,32H,5,8-9,14-15,25H2,1-4H3/t16-,17+,23?. The summed E-state index contributed by atoms with van der Waals surface area (Å²) in [5.41, 5.74) is 9.01. The minimum absolute atomic E-state index is 0.286. The molecule has 0 saturated carbocycles. The van der Waals surface area contributed by atoms with Gasteiger partial charge < -0.3 is 15.7 Å². The van der Waals surface area contributed by atoms with E-state index in [1.165, 1.54) is 6.20 Å². The Labute approximate surface area is 195 Å². The van der Waals surface area contributed by atoms with Crippen LogP contribution in [0, 0.1) is 0 Å². The van der Waals surface area contributed by atoms with Crippen LogP contribution in [-0.2, 0) is 0 Å². The van der Waals surface area contributed by atoms with Crippen LogP contribution in [0.3, 0.4) is 0 Å². The molecule has 1 saturated heterocycles. The number of piperazine rings is 1. The van der Waals surface area contributed by atoms with E-state index in [2.05, 4.69) is 38.6 Å². The van der Waals surface area contributed by atoms with Gasteiger partial charge in [-0.1, -0.05) is 11.6 Å². The van der Waals surface area contributed by atoms with E-state index in [-0.39, 0.29) is 12.1 Å². The molecule has 3 N–H and O–H groups in total. The van der Waals surface area contributed by atoms with E-state index in [0.29, 0.717) is 11.7 Å². The highest BCUT2D eigenvalue weighted by atomic mass is 35.5. The van der Waals surface area contributed by atoms with E-state index in [9.17, 15) is 5.11 Å². The summed E-state index contributed by atoms with van der Waals surface area (Å²) in [5, 5.41) is 10.9. The fourth-order valence-corrected chi connectivity index (χ4v) is 4.41. The third kappa shape index (κ3) is 6.02. The normalized spacial score (nSPS) is 22.3. The number of rotatable bonds is 8. The van der Waals surface area contributed by atoms with E-state index < -0.39 is 6.35 Å². The molecule has 3 rings (SSSR count). The van der Waals surface area contributed by atoms with Gasteiger partial charge in [0.1, 0.15) is 5.15 Å². The predicted molar refractivity (Wildman–Crippen MR) is 132 cm³/mol. The Kier molecular flexibility index (Phi) is 8.56. The third-order valence-corrected chi connectivity index (χ3v) is 6.01. The van der Waals surface area contributed by atoms with Gasteiger partial charge >= 0.3 is 0 Å². The Balaban J connectivity index is 1.51. The lowest BCUT2D eigenvalue weighted by molar-refractivity contribution is -0.146. The first-order valence-electron chi connectivity index (χ1n) is 11.0. The van der Waals surface area contributed by atoms with Crippen LogP contribution in [0.25, 0.3) is 16.6 Å². The number of fused-ring (bicyclic) bond motifs is 1. The van der Waals surface area contributed by atoms with E-state index in [0.717, 1.165) is 48.2 Å². The molecule has 1 aliphatic heterocycles. The van der Waals surface area contributed by atoms with Gasteiger partial charge in [-0.15, -0.1) is 0 Å². The zero-order chi connectivity index (χ0) is 23.3. The highest BCUT2D eigenvalue weighted by Crippen LogP contribution is 2.20. The van der Waals surface area contributed by atoms with Crippen molar-refractivity contribution in [2.75, 3.05) is 40.3 Å². The second-order valence-electron chi connectivity index (χ2n) is 8.62. The second-order valence-corrected chi connectivity index (χ2v) is 9.01. The zero-order valence-corrected chi connectivity index (χ0v) is 20.1. The summed E-state index contributed by atoms with van der Waals surface area (Å²) in [6.07, 6.45) is 5.51. The molecule has 3 heterocycles. The molecule has 2 aromatic heterocycles. The minimum atomic E-state index is -0.552. The topological polar surface area (TPSA) is 94.1 Å². The fourth-order valence-electron chi connectivity index (χ4n) is 4.25. The molecular formula is C23H34ClN7O. The molecule has 1 aliphatic rings. The number of hydrogen-bond acceptors (Lipinski definition) is 8. The number of nitrogens with two attached hydrogens (primary N) is 1. The van der Waals surface area contributed by atoms with Crippen molar-refractivity contribution in [1.82, 2.24) is 24.7 Å². The second kappa shape index (κ2) is 11.2. The first kappa shape index (κ1) is 24.5. The van der Waals surface area contributed by atoms with Gasteiger partial charge in [0, 0.05) is 68.0 Å². The van der Waals surface area contributed by atoms with Crippen molar-refractivity contribution in [3.63, 3.8) is 0 Å². The van der Waals surface area contributed by atoms with Gasteiger partial charge in [0.05, 0.1) is 11.0 Å². The van der Waals surface area contributed by atoms with Crippen molar-refractivity contribution in [2.24, 2.45) is 10.7 Å². The number of aliphatic hydroxyl groups excluding tert-OH is 1. The van der Waals surface area contributed by atoms with Gasteiger partial charge in [-0.2, -0.15) is 0 Å². The molecule has 0 aromatic carbocycles. The van der Waals surface area contributed by atoms with Crippen LogP contribution in [0.1, 0.15) is 25.8 Å². The summed E-state index contributed by atoms with van der Waals surface area (Å²) in [6, 6.07) is 6.06. The van der Waals surface area contributed by atoms with Gasteiger partial charge in [-0.3, -0.25) is 19.8 Å². The fraction of sp³-hybridized carbons (Fsp3) is 0.522. The molecule has 0 spiro atoms. The number of pyridine rings is 2. The average molecular weight is 460 g/mol. The molecule has 3 atom stereocenters. The number of aliphatic hydroxyl groups is 1. The molecule has 2 aromatic rings. The molecule has 1 unspecified atom stereocenters. The molecule has 0 bridgehead atoms. The number of aliphatic imine (C=N–C) groups is 1. The SMILES string of the molecule is C[C@@H]1CN(CCCN=CC(=CN)c2cnc3ccc(Cl)nc3c2)C[C@H](C)N1C(O)N(C)C. The summed E-state index contributed by atoms with van der Waals surface area (Å²) in [4.78, 5) is 19.8. The maximum absolute atomic E-state index is 10.4. The first-order chi connectivity index (χ1) is 15.3. The Morgan fingerprint density at radius 1 is 1.31 bits per heavy atom. The summed E-state index contributed by atoms with van der Waals surface area (Å²) in [7, 11) is 3.80. The van der Waals surface area contributed by atoms with Gasteiger partial charge in [0.2, 0.25) is 0 Å². The van der Waals surface area contributed by atoms with Crippen LogP contribution < -0.4 is 5.73 Å². The highest BCUT2D eigenvalue weighted by Gasteiger charge is 2.34. The molecule has 1 fully saturated rings. The summed E-state index contributed by atoms with van der Waals surface area (Å²) >= 11 is 6.00. The van der Waals surface area contributed by atoms with Crippen molar-refractivity contribution < 1.29 is 5.11 Å². The number of aromatic nitrogens is 2. The van der Waals surface area contributed by atoms with Gasteiger partial charge in [-0.25, -0.2) is 4.98 Å². The number of halogens is 1. The maximum Gasteiger partial charge on any atom is 0.165 e. The molecular weight excluding hydrogens is 426 g/mol. The van der Waals surface area contributed by atoms with Crippen LogP contribution in [0.15, 0.2) is 35.6 Å². The van der Waals surface area contributed by atoms with Gasteiger partial charge in [0.15, 0.2) is 6.35 Å². The Morgan fingerprint density at radius 2 is 2.03 bits per heavy atom. The molecule has 174 valence electrons. The van der Waals surface area contributed by atoms with Crippen molar-refractivity contribution >= 4 is 34.4 Å². The van der Waals surface area contributed by atoms with E-state index >= 15 is 0 Å². The summed E-state index contributed by atoms with van der Waals surface area (Å²) in [5.74, 6) is 0. The Bertz CT molecular complexity index is 953. The minimum Gasteiger partial charge on any atom is -0.404 e. The monoisotopic (exact) mass is 459 g/mol. The summed E-state index contributed by atoms with van der Waals surface area (Å²) < 4.78 is 0. The van der Waals surface area contributed by atoms with Gasteiger partial charge in [0.25, 0.3) is 0 Å². The smallest absolute Gasteiger partial charge is 0.165 e. The molecule has 0 radical (unpaired) electrons. The number of nitrogens with zero attached hydrogens (tertiary/aromatic N) is 6. The van der Waals surface area contributed by atoms with Crippen molar-refractivity contribution in [3.05, 3.63) is 41.3 Å². The molecule has 0 amide bonds. The van der Waals surface area contributed by atoms with Gasteiger partial charge in [-0.05, 0) is 52.6 Å². The van der Waals surface area contributed by atoms with Crippen molar-refractivity contribution in [1.29, 1.82) is 0 Å². The van der Waals surface area contributed by atoms with E-state index in [1.54, 1.807) is 18.5 Å². The maximum atomic E-state index is 10.4. The van der Waals surface area contributed by atoms with Crippen molar-refractivity contribution in [3.8, 4) is 0 Å². The lowest BCUT2D eigenvalue weighted by atomic mass is 10.1. The average Bonchev–Trinajstić information content (AvgIpc) is 2.75. The number of allylic oxidation sites excluding steroid dienone is 1. The Hall–Kier alpha value is -2.10. The van der Waals surface area contributed by atoms with Crippen molar-refractivity contribution in [2.45, 2.75) is 38.7 Å². The molecule has 0 aliphatic carbocycles. The lowest BCUT2D eigenvalue weighted by Crippen LogP contribution is -2.62. The lowest BCUT2D eigenvalue weighted by Gasteiger charge is -2.47. The van der Waals surface area contributed by atoms with Crippen LogP contribution >= 0.6 is 11.6 Å². The molecule has 32 heavy (non-hydrogen) atoms. The van der Waals surface area contributed by atoms with Crippen LogP contribution in [0.4, 0.5) is 0 Å². The quantitative estimate of drug-likeness (QED) is 0.270. The largest absolute Gasteiger partial charge is 0.404 e. The van der Waals surface area contributed by atoms with Crippen LogP contribution in [0.2, 0.25) is 5.15 Å². The highest BCUT2D eigenvalue weighted by molar-refractivity contribution is 6.29. The van der Waals surface area contributed by atoms with Crippen LogP contribution in [0.5, 0.6) is 0 Å². The zero-order valence-electron chi connectivity index (χ0n) is 19.3. The van der Waals surface area contributed by atoms with Crippen LogP contribution in [-0.4, -0.2) is 94.7 Å². The predicted octanol–water partition coefficient (Wildman–Crippen LogP) is 2.28. The molecule has 8 nitrogen and oxygen atoms in total. The first-order valence-corrected chi connectivity index (χ1v) is 11.4. The molecule has 9 heteroatoms. The third-order valence-electron chi connectivity index (χ3n) is 5.80. The number of hydrogen-bond donors (Lipinski definition) is 2. The van der Waals surface area contributed by atoms with E-state index in [4.69, 9.17) is 17.3 Å².